The molecule has 0 aliphatic heterocycles. The van der Waals surface area contributed by atoms with Crippen LogP contribution in [-0.2, 0) is 19.2 Å². The van der Waals surface area contributed by atoms with Gasteiger partial charge >= 0.3 is 0 Å². The topological polar surface area (TPSA) is 196 Å². The molecule has 0 fully saturated rings. The number of nitrogens with two attached hydrogens (primary N) is 4. The summed E-state index contributed by atoms with van der Waals surface area (Å²) in [5.74, 6) is -0.871. The lowest BCUT2D eigenvalue weighted by Gasteiger charge is -2.15. The average Bonchev–Trinajstić information content (AvgIpc) is 2.56. The molecule has 0 unspecified atom stereocenters. The van der Waals surface area contributed by atoms with Crippen molar-refractivity contribution in [1.29, 1.82) is 0 Å². The molecule has 0 saturated heterocycles. The maximum atomic E-state index is 11.7. The third kappa shape index (κ3) is 10.5. The van der Waals surface area contributed by atoms with Gasteiger partial charge in [-0.3, -0.25) is 19.2 Å². The lowest BCUT2D eigenvalue weighted by Crippen LogP contribution is -2.49. The fraction of sp³-hybridized carbons (Fsp3) is 0.714. The highest BCUT2D eigenvalue weighted by molar-refractivity contribution is 8.76. The van der Waals surface area contributed by atoms with Crippen LogP contribution in [-0.4, -0.2) is 59.3 Å². The highest BCUT2D eigenvalue weighted by Gasteiger charge is 2.19. The Morgan fingerprint density at radius 3 is 1.35 bits per heavy atom. The van der Waals surface area contributed by atoms with Gasteiger partial charge in [0.2, 0.25) is 23.6 Å². The van der Waals surface area contributed by atoms with Crippen molar-refractivity contribution >= 4 is 45.2 Å². The van der Waals surface area contributed by atoms with E-state index in [9.17, 15) is 19.2 Å². The van der Waals surface area contributed by atoms with E-state index in [-0.39, 0.29) is 0 Å². The molecule has 0 saturated carbocycles. The van der Waals surface area contributed by atoms with Crippen LogP contribution >= 0.6 is 21.6 Å². The van der Waals surface area contributed by atoms with Gasteiger partial charge in [-0.15, -0.1) is 0 Å². The summed E-state index contributed by atoms with van der Waals surface area (Å²) >= 11 is 0. The SMILES string of the molecule is C[C@H](NC(=O)[C@@H](N)CCSSCC[C@H](N)C(=O)N[C@@H](C)C(N)=O)C(N)=O. The van der Waals surface area contributed by atoms with E-state index >= 15 is 0 Å². The van der Waals surface area contributed by atoms with Crippen LogP contribution in [0.3, 0.4) is 0 Å². The molecule has 0 aromatic heterocycles. The van der Waals surface area contributed by atoms with E-state index in [0.29, 0.717) is 24.3 Å². The van der Waals surface area contributed by atoms with Crippen LogP contribution in [0, 0.1) is 0 Å². The minimum Gasteiger partial charge on any atom is -0.368 e. The van der Waals surface area contributed by atoms with E-state index in [1.807, 2.05) is 0 Å². The van der Waals surface area contributed by atoms with E-state index in [0.717, 1.165) is 0 Å². The summed E-state index contributed by atoms with van der Waals surface area (Å²) in [6.45, 7) is 2.97. The van der Waals surface area contributed by atoms with Gasteiger partial charge in [0.1, 0.15) is 12.1 Å². The Morgan fingerprint density at radius 2 is 1.08 bits per heavy atom. The summed E-state index contributed by atoms with van der Waals surface area (Å²) < 4.78 is 0. The van der Waals surface area contributed by atoms with Crippen LogP contribution < -0.4 is 33.6 Å². The number of hydrogen-bond donors (Lipinski definition) is 6. The van der Waals surface area contributed by atoms with Gasteiger partial charge in [0.15, 0.2) is 0 Å². The summed E-state index contributed by atoms with van der Waals surface area (Å²) in [6.07, 6.45) is 0.856. The molecule has 26 heavy (non-hydrogen) atoms. The molecular formula is C14H28N6O4S2. The van der Waals surface area contributed by atoms with Gasteiger partial charge in [-0.25, -0.2) is 0 Å². The van der Waals surface area contributed by atoms with Crippen LogP contribution in [0.25, 0.3) is 0 Å². The summed E-state index contributed by atoms with van der Waals surface area (Å²) in [5.41, 5.74) is 21.6. The lowest BCUT2D eigenvalue weighted by molar-refractivity contribution is -0.127. The number of carbonyl (C=O) groups excluding carboxylic acids is 4. The molecule has 12 heteroatoms. The molecule has 0 aromatic rings. The normalized spacial score (nSPS) is 15.4. The third-order valence-corrected chi connectivity index (χ3v) is 5.82. The largest absolute Gasteiger partial charge is 0.368 e. The average molecular weight is 409 g/mol. The first-order valence-corrected chi connectivity index (χ1v) is 10.5. The Kier molecular flexibility index (Phi) is 12.1. The van der Waals surface area contributed by atoms with Crippen LogP contribution in [0.5, 0.6) is 0 Å². The van der Waals surface area contributed by atoms with Crippen molar-refractivity contribution < 1.29 is 19.2 Å². The zero-order valence-corrected chi connectivity index (χ0v) is 16.5. The summed E-state index contributed by atoms with van der Waals surface area (Å²) in [7, 11) is 3.00. The molecule has 0 aromatic carbocycles. The first kappa shape index (κ1) is 24.5. The van der Waals surface area contributed by atoms with Crippen molar-refractivity contribution in [2.24, 2.45) is 22.9 Å². The highest BCUT2D eigenvalue weighted by Crippen LogP contribution is 2.23. The van der Waals surface area contributed by atoms with Gasteiger partial charge in [0, 0.05) is 11.5 Å². The minimum atomic E-state index is -0.763. The maximum absolute atomic E-state index is 11.7. The summed E-state index contributed by atoms with van der Waals surface area (Å²) in [4.78, 5) is 45.2. The molecule has 0 radical (unpaired) electrons. The van der Waals surface area contributed by atoms with Crippen molar-refractivity contribution in [3.8, 4) is 0 Å². The van der Waals surface area contributed by atoms with E-state index in [1.165, 1.54) is 35.4 Å². The Balaban J connectivity index is 3.86. The van der Waals surface area contributed by atoms with E-state index in [4.69, 9.17) is 22.9 Å². The van der Waals surface area contributed by atoms with Gasteiger partial charge in [0.05, 0.1) is 12.1 Å². The standard InChI is InChI=1S/C14H28N6O4S2/c1-7(11(17)21)19-13(23)9(15)3-5-25-26-6-4-10(16)14(24)20-8(2)12(18)22/h7-10H,3-6,15-16H2,1-2H3,(H2,17,21)(H2,18,22)(H,19,23)(H,20,24)/t7-,8-,9-,10-/m0/s1. The van der Waals surface area contributed by atoms with E-state index in [1.54, 1.807) is 0 Å². The van der Waals surface area contributed by atoms with Gasteiger partial charge in [0.25, 0.3) is 0 Å². The van der Waals surface area contributed by atoms with Gasteiger partial charge in [-0.05, 0) is 26.7 Å². The predicted octanol–water partition coefficient (Wildman–Crippen LogP) is -2.22. The number of carbonyl (C=O) groups is 4. The minimum absolute atomic E-state index is 0.427. The summed E-state index contributed by atoms with van der Waals surface area (Å²) in [5, 5.41) is 4.87. The smallest absolute Gasteiger partial charge is 0.239 e. The Labute approximate surface area is 160 Å². The second-order valence-electron chi connectivity index (χ2n) is 5.70. The highest BCUT2D eigenvalue weighted by atomic mass is 33.1. The first-order valence-electron chi connectivity index (χ1n) is 8.01. The van der Waals surface area contributed by atoms with E-state index in [2.05, 4.69) is 10.6 Å². The van der Waals surface area contributed by atoms with Crippen molar-refractivity contribution in [2.45, 2.75) is 50.9 Å². The molecule has 0 rings (SSSR count). The maximum Gasteiger partial charge on any atom is 0.239 e. The van der Waals surface area contributed by atoms with Gasteiger partial charge in [-0.2, -0.15) is 0 Å². The molecule has 0 aliphatic rings. The number of hydrogen-bond acceptors (Lipinski definition) is 8. The van der Waals surface area contributed by atoms with Crippen molar-refractivity contribution in [3.63, 3.8) is 0 Å². The Hall–Kier alpha value is -1.50. The molecule has 0 heterocycles. The van der Waals surface area contributed by atoms with Gasteiger partial charge in [-0.1, -0.05) is 21.6 Å². The quantitative estimate of drug-likeness (QED) is 0.145. The molecule has 10 nitrogen and oxygen atoms in total. The second kappa shape index (κ2) is 12.8. The first-order chi connectivity index (χ1) is 12.1. The molecule has 4 amide bonds. The fourth-order valence-corrected chi connectivity index (χ4v) is 3.73. The molecule has 0 bridgehead atoms. The molecule has 4 atom stereocenters. The fourth-order valence-electron chi connectivity index (χ4n) is 1.51. The zero-order chi connectivity index (χ0) is 20.3. The van der Waals surface area contributed by atoms with Crippen LogP contribution in [0.4, 0.5) is 0 Å². The monoisotopic (exact) mass is 408 g/mol. The molecule has 0 aliphatic carbocycles. The Morgan fingerprint density at radius 1 is 0.769 bits per heavy atom. The molecule has 10 N–H and O–H groups in total. The molecular weight excluding hydrogens is 380 g/mol. The zero-order valence-electron chi connectivity index (χ0n) is 14.9. The molecule has 150 valence electrons. The van der Waals surface area contributed by atoms with E-state index < -0.39 is 47.8 Å². The number of rotatable bonds is 13. The second-order valence-corrected chi connectivity index (χ2v) is 8.40. The van der Waals surface area contributed by atoms with Crippen LogP contribution in [0.2, 0.25) is 0 Å². The van der Waals surface area contributed by atoms with Crippen molar-refractivity contribution in [3.05, 3.63) is 0 Å². The van der Waals surface area contributed by atoms with Crippen LogP contribution in [0.1, 0.15) is 26.7 Å². The van der Waals surface area contributed by atoms with Crippen LogP contribution in [0.15, 0.2) is 0 Å². The Bertz CT molecular complexity index is 464. The van der Waals surface area contributed by atoms with Gasteiger partial charge < -0.3 is 33.6 Å². The lowest BCUT2D eigenvalue weighted by atomic mass is 10.2. The number of nitrogens with one attached hydrogen (secondary N) is 2. The van der Waals surface area contributed by atoms with Crippen molar-refractivity contribution in [1.82, 2.24) is 10.6 Å². The third-order valence-electron chi connectivity index (χ3n) is 3.35. The number of amides is 4. The number of primary amides is 2. The predicted molar refractivity (Wildman–Crippen MR) is 104 cm³/mol. The summed E-state index contributed by atoms with van der Waals surface area (Å²) in [6, 6.07) is -2.98. The van der Waals surface area contributed by atoms with Crippen molar-refractivity contribution in [2.75, 3.05) is 11.5 Å². The molecule has 0 spiro atoms.